The Hall–Kier alpha value is -3.16. The molecule has 1 amide bonds. The van der Waals surface area contributed by atoms with E-state index in [9.17, 15) is 18.0 Å². The van der Waals surface area contributed by atoms with Crippen molar-refractivity contribution in [3.63, 3.8) is 0 Å². The quantitative estimate of drug-likeness (QED) is 0.450. The molecule has 186 valence electrons. The third-order valence-electron chi connectivity index (χ3n) is 6.89. The summed E-state index contributed by atoms with van der Waals surface area (Å²) in [5, 5.41) is 4.16. The number of aryl methyl sites for hydroxylation is 1. The van der Waals surface area contributed by atoms with Crippen LogP contribution in [0.5, 0.6) is 0 Å². The monoisotopic (exact) mass is 484 g/mol. The van der Waals surface area contributed by atoms with Gasteiger partial charge in [0, 0.05) is 31.4 Å². The Balaban J connectivity index is 1.58. The highest BCUT2D eigenvalue weighted by Gasteiger charge is 2.31. The maximum Gasteiger partial charge on any atom is 0.416 e. The lowest BCUT2D eigenvalue weighted by Crippen LogP contribution is -2.31. The van der Waals surface area contributed by atoms with E-state index in [0.29, 0.717) is 23.1 Å². The molecule has 0 aliphatic heterocycles. The molecule has 1 fully saturated rings. The largest absolute Gasteiger partial charge is 0.416 e. The van der Waals surface area contributed by atoms with Crippen molar-refractivity contribution >= 4 is 22.6 Å². The van der Waals surface area contributed by atoms with E-state index in [1.807, 2.05) is 13.0 Å². The molecule has 1 aliphatic rings. The van der Waals surface area contributed by atoms with Crippen LogP contribution in [0.25, 0.3) is 10.9 Å². The third kappa shape index (κ3) is 5.57. The average molecular weight is 485 g/mol. The van der Waals surface area contributed by atoms with Crippen molar-refractivity contribution in [1.82, 2.24) is 14.9 Å². The van der Waals surface area contributed by atoms with E-state index in [-0.39, 0.29) is 17.9 Å². The van der Waals surface area contributed by atoms with Crippen LogP contribution in [-0.2, 0) is 11.0 Å². The number of aromatic nitrogens is 2. The molecule has 3 aromatic rings. The Morgan fingerprint density at radius 3 is 2.43 bits per heavy atom. The second-order valence-corrected chi connectivity index (χ2v) is 9.67. The van der Waals surface area contributed by atoms with E-state index < -0.39 is 11.7 Å². The maximum atomic E-state index is 13.2. The Morgan fingerprint density at radius 1 is 1.06 bits per heavy atom. The van der Waals surface area contributed by atoms with E-state index in [2.05, 4.69) is 27.4 Å². The molecule has 0 bridgehead atoms. The molecule has 8 heteroatoms. The van der Waals surface area contributed by atoms with E-state index in [4.69, 9.17) is 0 Å². The number of hydrogen-bond donors (Lipinski definition) is 1. The number of amides is 1. The Morgan fingerprint density at radius 2 is 1.77 bits per heavy atom. The van der Waals surface area contributed by atoms with Crippen molar-refractivity contribution in [2.45, 2.75) is 57.7 Å². The molecule has 35 heavy (non-hydrogen) atoms. The average Bonchev–Trinajstić information content (AvgIpc) is 2.83. The summed E-state index contributed by atoms with van der Waals surface area (Å²) in [4.78, 5) is 23.1. The van der Waals surface area contributed by atoms with Gasteiger partial charge in [-0.05, 0) is 80.8 Å². The van der Waals surface area contributed by atoms with E-state index in [1.54, 1.807) is 32.0 Å². The van der Waals surface area contributed by atoms with Gasteiger partial charge in [0.25, 0.3) is 0 Å². The van der Waals surface area contributed by atoms with Gasteiger partial charge in [-0.1, -0.05) is 18.2 Å². The topological polar surface area (TPSA) is 58.1 Å². The number of anilines is 1. The van der Waals surface area contributed by atoms with Crippen LogP contribution in [0.15, 0.2) is 42.5 Å². The van der Waals surface area contributed by atoms with Crippen molar-refractivity contribution in [2.75, 3.05) is 19.4 Å². The van der Waals surface area contributed by atoms with Gasteiger partial charge in [-0.2, -0.15) is 13.2 Å². The van der Waals surface area contributed by atoms with Gasteiger partial charge in [-0.15, -0.1) is 0 Å². The molecule has 1 aromatic heterocycles. The van der Waals surface area contributed by atoms with E-state index in [0.717, 1.165) is 42.7 Å². The fourth-order valence-electron chi connectivity index (χ4n) is 4.94. The summed E-state index contributed by atoms with van der Waals surface area (Å²) in [5.74, 6) is 1.82. The van der Waals surface area contributed by atoms with Gasteiger partial charge in [0.2, 0.25) is 5.91 Å². The van der Waals surface area contributed by atoms with Gasteiger partial charge >= 0.3 is 6.18 Å². The number of alkyl halides is 3. The molecule has 1 aliphatic carbocycles. The van der Waals surface area contributed by atoms with Crippen LogP contribution in [0.3, 0.4) is 0 Å². The third-order valence-corrected chi connectivity index (χ3v) is 6.89. The van der Waals surface area contributed by atoms with Crippen molar-refractivity contribution in [3.05, 3.63) is 65.0 Å². The summed E-state index contributed by atoms with van der Waals surface area (Å²) in [6.45, 7) is 3.63. The summed E-state index contributed by atoms with van der Waals surface area (Å²) in [7, 11) is 3.60. The van der Waals surface area contributed by atoms with Crippen LogP contribution in [0.4, 0.5) is 19.0 Å². The number of fused-ring (bicyclic) bond motifs is 1. The van der Waals surface area contributed by atoms with Crippen molar-refractivity contribution in [3.8, 4) is 0 Å². The predicted octanol–water partition coefficient (Wildman–Crippen LogP) is 6.49. The first kappa shape index (κ1) is 24.9. The first-order chi connectivity index (χ1) is 16.5. The van der Waals surface area contributed by atoms with E-state index in [1.165, 1.54) is 17.7 Å². The van der Waals surface area contributed by atoms with Crippen LogP contribution in [-0.4, -0.2) is 34.9 Å². The first-order valence-corrected chi connectivity index (χ1v) is 12.0. The molecule has 1 atom stereocenters. The molecule has 0 radical (unpaired) electrons. The standard InChI is InChI=1S/C27H31F3N4O/c1-16(20-6-5-7-22(14-20)27(28,29)30)31-25-23-15-21(12-13-24(23)32-17(2)33-25)18-8-10-19(11-9-18)26(35)34(3)4/h5-7,12-16,18-19H,8-11H2,1-4H3,(H,31,32,33)/t16-,18-,19-/m1/s1. The normalized spacial score (nSPS) is 19.4. The number of nitrogens with zero attached hydrogens (tertiary/aromatic N) is 3. The fraction of sp³-hybridized carbons (Fsp3) is 0.444. The van der Waals surface area contributed by atoms with Crippen LogP contribution in [0, 0.1) is 12.8 Å². The first-order valence-electron chi connectivity index (χ1n) is 12.0. The lowest BCUT2D eigenvalue weighted by molar-refractivity contribution is -0.137. The Kier molecular flexibility index (Phi) is 7.01. The lowest BCUT2D eigenvalue weighted by atomic mass is 9.78. The summed E-state index contributed by atoms with van der Waals surface area (Å²) in [6.07, 6.45) is -0.791. The number of hydrogen-bond acceptors (Lipinski definition) is 4. The minimum atomic E-state index is -4.39. The van der Waals surface area contributed by atoms with Gasteiger partial charge in [-0.3, -0.25) is 4.79 Å². The zero-order chi connectivity index (χ0) is 25.3. The molecule has 1 saturated carbocycles. The minimum Gasteiger partial charge on any atom is -0.363 e. The molecular weight excluding hydrogens is 453 g/mol. The number of carbonyl (C=O) groups is 1. The maximum absolute atomic E-state index is 13.2. The summed E-state index contributed by atoms with van der Waals surface area (Å²) < 4.78 is 39.6. The van der Waals surface area contributed by atoms with Gasteiger partial charge in [0.1, 0.15) is 11.6 Å². The lowest BCUT2D eigenvalue weighted by Gasteiger charge is -2.29. The highest BCUT2D eigenvalue weighted by atomic mass is 19.4. The number of benzene rings is 2. The molecule has 1 N–H and O–H groups in total. The van der Waals surface area contributed by atoms with Gasteiger partial charge in [0.05, 0.1) is 11.1 Å². The molecule has 1 heterocycles. The highest BCUT2D eigenvalue weighted by molar-refractivity contribution is 5.90. The van der Waals surface area contributed by atoms with E-state index >= 15 is 0 Å². The SMILES string of the molecule is Cc1nc(N[C@H](C)c2cccc(C(F)(F)F)c2)c2cc([C@H]3CC[C@H](C(=O)N(C)C)CC3)ccc2n1. The Labute approximate surface area is 203 Å². The highest BCUT2D eigenvalue weighted by Crippen LogP contribution is 2.38. The van der Waals surface area contributed by atoms with Gasteiger partial charge < -0.3 is 10.2 Å². The van der Waals surface area contributed by atoms with Crippen LogP contribution in [0.1, 0.15) is 67.1 Å². The van der Waals surface area contributed by atoms with Crippen molar-refractivity contribution in [1.29, 1.82) is 0 Å². The van der Waals surface area contributed by atoms with Crippen molar-refractivity contribution in [2.24, 2.45) is 5.92 Å². The fourth-order valence-corrected chi connectivity index (χ4v) is 4.94. The molecule has 2 aromatic carbocycles. The predicted molar refractivity (Wildman–Crippen MR) is 131 cm³/mol. The second-order valence-electron chi connectivity index (χ2n) is 9.67. The summed E-state index contributed by atoms with van der Waals surface area (Å²) >= 11 is 0. The van der Waals surface area contributed by atoms with Crippen LogP contribution < -0.4 is 5.32 Å². The van der Waals surface area contributed by atoms with Crippen molar-refractivity contribution < 1.29 is 18.0 Å². The zero-order valence-electron chi connectivity index (χ0n) is 20.5. The smallest absolute Gasteiger partial charge is 0.363 e. The summed E-state index contributed by atoms with van der Waals surface area (Å²) in [5.41, 5.74) is 1.83. The van der Waals surface area contributed by atoms with Crippen LogP contribution >= 0.6 is 0 Å². The van der Waals surface area contributed by atoms with Crippen LogP contribution in [0.2, 0.25) is 0 Å². The molecule has 5 nitrogen and oxygen atoms in total. The molecule has 0 spiro atoms. The number of carbonyl (C=O) groups excluding carboxylic acids is 1. The molecular formula is C27H31F3N4O. The van der Waals surface area contributed by atoms with Gasteiger partial charge in [-0.25, -0.2) is 9.97 Å². The molecule has 0 saturated heterocycles. The van der Waals surface area contributed by atoms with Gasteiger partial charge in [0.15, 0.2) is 0 Å². The minimum absolute atomic E-state index is 0.0817. The Bertz CT molecular complexity index is 1220. The number of nitrogens with one attached hydrogen (secondary N) is 1. The number of rotatable bonds is 5. The molecule has 4 rings (SSSR count). The second kappa shape index (κ2) is 9.84. The summed E-state index contributed by atoms with van der Waals surface area (Å²) in [6, 6.07) is 11.1. The molecule has 0 unspecified atom stereocenters. The number of halogens is 3. The zero-order valence-corrected chi connectivity index (χ0v) is 20.5.